The van der Waals surface area contributed by atoms with Crippen LogP contribution in [0.4, 0.5) is 5.69 Å². The number of carbonyl (C=O) groups is 1. The summed E-state index contributed by atoms with van der Waals surface area (Å²) in [6.07, 6.45) is 1.79. The summed E-state index contributed by atoms with van der Waals surface area (Å²) in [4.78, 5) is 17.3. The van der Waals surface area contributed by atoms with E-state index in [0.29, 0.717) is 38.9 Å². The number of nitrogens with zero attached hydrogens (tertiary/aromatic N) is 1. The molecule has 7 heteroatoms. The fourth-order valence-electron chi connectivity index (χ4n) is 2.91. The quantitative estimate of drug-likeness (QED) is 0.481. The molecule has 0 aliphatic carbocycles. The first-order valence-corrected chi connectivity index (χ1v) is 10.7. The standard InChI is InChI=1S/C24H19ClN2O3S/c1-29-21-13-17(11-12-20(21)30-15-16-7-3-2-4-8-16)14-22-23(28)27-24(31-22)26-19-10-6-5-9-18(19)25/h2-14H,15H2,1H3,(H,26,27,28)/b22-14+. The highest BCUT2D eigenvalue weighted by Crippen LogP contribution is 2.33. The molecule has 1 aliphatic rings. The molecular formula is C24H19ClN2O3S. The van der Waals surface area contributed by atoms with Gasteiger partial charge >= 0.3 is 0 Å². The number of ether oxygens (including phenoxy) is 2. The van der Waals surface area contributed by atoms with E-state index in [1.54, 1.807) is 25.3 Å². The average molecular weight is 451 g/mol. The fraction of sp³-hybridized carbons (Fsp3) is 0.0833. The third-order valence-corrected chi connectivity index (χ3v) is 5.68. The van der Waals surface area contributed by atoms with Crippen LogP contribution in [-0.4, -0.2) is 18.2 Å². The number of carbonyl (C=O) groups excluding carboxylic acids is 1. The lowest BCUT2D eigenvalue weighted by Gasteiger charge is -2.11. The number of methoxy groups -OCH3 is 1. The molecule has 3 aromatic carbocycles. The van der Waals surface area contributed by atoms with Crippen molar-refractivity contribution in [3.8, 4) is 11.5 Å². The summed E-state index contributed by atoms with van der Waals surface area (Å²) >= 11 is 7.41. The molecule has 5 nitrogen and oxygen atoms in total. The maximum Gasteiger partial charge on any atom is 0.264 e. The van der Waals surface area contributed by atoms with Gasteiger partial charge in [-0.1, -0.05) is 60.1 Å². The summed E-state index contributed by atoms with van der Waals surface area (Å²) in [6, 6.07) is 22.7. The van der Waals surface area contributed by atoms with Gasteiger partial charge < -0.3 is 14.8 Å². The number of amidine groups is 1. The Kier molecular flexibility index (Phi) is 6.60. The second-order valence-electron chi connectivity index (χ2n) is 6.62. The van der Waals surface area contributed by atoms with Gasteiger partial charge in [-0.2, -0.15) is 0 Å². The molecule has 3 aromatic rings. The minimum atomic E-state index is -0.209. The number of aliphatic imine (C=N–C) groups is 1. The highest BCUT2D eigenvalue weighted by atomic mass is 35.5. The molecule has 1 aliphatic heterocycles. The number of hydrogen-bond acceptors (Lipinski definition) is 5. The topological polar surface area (TPSA) is 59.9 Å². The van der Waals surface area contributed by atoms with Crippen LogP contribution in [0.2, 0.25) is 5.02 Å². The summed E-state index contributed by atoms with van der Waals surface area (Å²) < 4.78 is 11.4. The molecule has 1 saturated heterocycles. The van der Waals surface area contributed by atoms with Gasteiger partial charge in [0.25, 0.3) is 5.91 Å². The number of nitrogens with one attached hydrogen (secondary N) is 1. The van der Waals surface area contributed by atoms with E-state index in [1.165, 1.54) is 11.8 Å². The van der Waals surface area contributed by atoms with E-state index in [0.717, 1.165) is 11.1 Å². The zero-order valence-electron chi connectivity index (χ0n) is 16.7. The zero-order valence-corrected chi connectivity index (χ0v) is 18.2. The summed E-state index contributed by atoms with van der Waals surface area (Å²) in [5.74, 6) is 1.02. The lowest BCUT2D eigenvalue weighted by molar-refractivity contribution is -0.115. The number of rotatable bonds is 6. The number of hydrogen-bond donors (Lipinski definition) is 1. The lowest BCUT2D eigenvalue weighted by Crippen LogP contribution is -2.19. The molecule has 1 fully saturated rings. The Morgan fingerprint density at radius 1 is 1.03 bits per heavy atom. The number of halogens is 1. The zero-order chi connectivity index (χ0) is 21.6. The van der Waals surface area contributed by atoms with Crippen LogP contribution in [0.25, 0.3) is 6.08 Å². The molecule has 0 saturated carbocycles. The number of para-hydroxylation sites is 1. The second-order valence-corrected chi connectivity index (χ2v) is 8.06. The summed E-state index contributed by atoms with van der Waals surface area (Å²) in [5.41, 5.74) is 2.50. The molecule has 4 rings (SSSR count). The van der Waals surface area contributed by atoms with Crippen molar-refractivity contribution in [2.24, 2.45) is 4.99 Å². The van der Waals surface area contributed by atoms with E-state index >= 15 is 0 Å². The van der Waals surface area contributed by atoms with Crippen LogP contribution in [0.3, 0.4) is 0 Å². The number of benzene rings is 3. The molecule has 0 radical (unpaired) electrons. The Labute approximate surface area is 189 Å². The van der Waals surface area contributed by atoms with Crippen LogP contribution in [0, 0.1) is 0 Å². The first kappa shape index (κ1) is 21.0. The Morgan fingerprint density at radius 3 is 2.58 bits per heavy atom. The monoisotopic (exact) mass is 450 g/mol. The minimum Gasteiger partial charge on any atom is -0.493 e. The first-order chi connectivity index (χ1) is 15.1. The molecule has 156 valence electrons. The largest absolute Gasteiger partial charge is 0.493 e. The highest BCUT2D eigenvalue weighted by molar-refractivity contribution is 8.18. The van der Waals surface area contributed by atoms with E-state index < -0.39 is 0 Å². The lowest BCUT2D eigenvalue weighted by atomic mass is 10.2. The van der Waals surface area contributed by atoms with Crippen molar-refractivity contribution < 1.29 is 14.3 Å². The van der Waals surface area contributed by atoms with Crippen molar-refractivity contribution in [2.45, 2.75) is 6.61 Å². The van der Waals surface area contributed by atoms with Gasteiger partial charge in [0.2, 0.25) is 0 Å². The van der Waals surface area contributed by atoms with Crippen LogP contribution in [0.15, 0.2) is 82.7 Å². The normalized spacial score (nSPS) is 15.9. The van der Waals surface area contributed by atoms with Crippen LogP contribution in [-0.2, 0) is 11.4 Å². The SMILES string of the molecule is COc1cc(/C=C2/SC(=Nc3ccccc3Cl)NC2=O)ccc1OCc1ccccc1. The van der Waals surface area contributed by atoms with Gasteiger partial charge in [-0.05, 0) is 53.2 Å². The molecule has 0 unspecified atom stereocenters. The van der Waals surface area contributed by atoms with Crippen molar-refractivity contribution in [1.82, 2.24) is 5.32 Å². The molecule has 0 atom stereocenters. The van der Waals surface area contributed by atoms with Gasteiger partial charge in [0.05, 0.1) is 22.7 Å². The second kappa shape index (κ2) is 9.73. The minimum absolute atomic E-state index is 0.209. The number of amides is 1. The Balaban J connectivity index is 1.50. The first-order valence-electron chi connectivity index (χ1n) is 9.51. The molecule has 0 spiro atoms. The van der Waals surface area contributed by atoms with Crippen molar-refractivity contribution >= 4 is 46.2 Å². The molecule has 1 N–H and O–H groups in total. The Hall–Kier alpha value is -3.22. The number of thioether (sulfide) groups is 1. The summed E-state index contributed by atoms with van der Waals surface area (Å²) in [6.45, 7) is 0.442. The molecule has 0 bridgehead atoms. The van der Waals surface area contributed by atoms with Crippen molar-refractivity contribution in [3.05, 3.63) is 93.9 Å². The maximum absolute atomic E-state index is 12.4. The molecule has 31 heavy (non-hydrogen) atoms. The van der Waals surface area contributed by atoms with Crippen LogP contribution < -0.4 is 14.8 Å². The highest BCUT2D eigenvalue weighted by Gasteiger charge is 2.24. The Bertz CT molecular complexity index is 1160. The van der Waals surface area contributed by atoms with Gasteiger partial charge in [0.15, 0.2) is 16.7 Å². The molecular weight excluding hydrogens is 432 g/mol. The predicted molar refractivity (Wildman–Crippen MR) is 126 cm³/mol. The van der Waals surface area contributed by atoms with Crippen LogP contribution >= 0.6 is 23.4 Å². The van der Waals surface area contributed by atoms with Crippen molar-refractivity contribution in [2.75, 3.05) is 7.11 Å². The third-order valence-electron chi connectivity index (χ3n) is 4.45. The van der Waals surface area contributed by atoms with Gasteiger partial charge in [-0.25, -0.2) is 4.99 Å². The van der Waals surface area contributed by atoms with Crippen molar-refractivity contribution in [3.63, 3.8) is 0 Å². The van der Waals surface area contributed by atoms with E-state index in [9.17, 15) is 4.79 Å². The maximum atomic E-state index is 12.4. The fourth-order valence-corrected chi connectivity index (χ4v) is 3.92. The van der Waals surface area contributed by atoms with E-state index in [-0.39, 0.29) is 5.91 Å². The van der Waals surface area contributed by atoms with Crippen molar-refractivity contribution in [1.29, 1.82) is 0 Å². The average Bonchev–Trinajstić information content (AvgIpc) is 3.13. The molecule has 1 heterocycles. The van der Waals surface area contributed by atoms with E-state index in [2.05, 4.69) is 10.3 Å². The van der Waals surface area contributed by atoms with Crippen LogP contribution in [0.5, 0.6) is 11.5 Å². The van der Waals surface area contributed by atoms with Gasteiger partial charge in [0, 0.05) is 0 Å². The smallest absolute Gasteiger partial charge is 0.264 e. The van der Waals surface area contributed by atoms with Gasteiger partial charge in [0.1, 0.15) is 6.61 Å². The van der Waals surface area contributed by atoms with Crippen LogP contribution in [0.1, 0.15) is 11.1 Å². The van der Waals surface area contributed by atoms with E-state index in [4.69, 9.17) is 21.1 Å². The molecule has 1 amide bonds. The van der Waals surface area contributed by atoms with E-state index in [1.807, 2.05) is 60.7 Å². The Morgan fingerprint density at radius 2 is 1.81 bits per heavy atom. The summed E-state index contributed by atoms with van der Waals surface area (Å²) in [7, 11) is 1.59. The summed E-state index contributed by atoms with van der Waals surface area (Å²) in [5, 5.41) is 3.78. The third kappa shape index (κ3) is 5.29. The molecule has 0 aromatic heterocycles. The van der Waals surface area contributed by atoms with Gasteiger partial charge in [-0.15, -0.1) is 0 Å². The van der Waals surface area contributed by atoms with Gasteiger partial charge in [-0.3, -0.25) is 4.79 Å². The predicted octanol–water partition coefficient (Wildman–Crippen LogP) is 5.82.